The van der Waals surface area contributed by atoms with Crippen LogP contribution in [0.4, 0.5) is 0 Å². The van der Waals surface area contributed by atoms with E-state index in [1.54, 1.807) is 0 Å². The summed E-state index contributed by atoms with van der Waals surface area (Å²) < 4.78 is 0. The lowest BCUT2D eigenvalue weighted by Crippen LogP contribution is -2.50. The summed E-state index contributed by atoms with van der Waals surface area (Å²) in [5, 5.41) is 13.9. The molecule has 0 saturated carbocycles. The van der Waals surface area contributed by atoms with Crippen molar-refractivity contribution in [3.05, 3.63) is 17.7 Å². The third-order valence-electron chi connectivity index (χ3n) is 2.66. The Kier molecular flexibility index (Phi) is 3.26. The largest absolute Gasteiger partial charge is 0.477 e. The lowest BCUT2D eigenvalue weighted by Gasteiger charge is -2.22. The van der Waals surface area contributed by atoms with Crippen LogP contribution >= 0.6 is 0 Å². The van der Waals surface area contributed by atoms with Gasteiger partial charge in [0, 0.05) is 6.54 Å². The molecule has 0 aromatic carbocycles. The molecular formula is C10H12N4O4. The first-order valence-corrected chi connectivity index (χ1v) is 5.45. The van der Waals surface area contributed by atoms with Crippen molar-refractivity contribution in [2.75, 3.05) is 6.54 Å². The molecule has 0 spiro atoms. The second kappa shape index (κ2) is 4.86. The van der Waals surface area contributed by atoms with Gasteiger partial charge in [0.25, 0.3) is 5.91 Å². The van der Waals surface area contributed by atoms with E-state index in [0.717, 1.165) is 12.7 Å². The molecule has 2 amide bonds. The molecule has 0 bridgehead atoms. The monoisotopic (exact) mass is 252 g/mol. The number of nitrogens with one attached hydrogen (secondary N) is 3. The number of carboxylic acid groups (broad SMARTS) is 1. The SMILES string of the molecule is O=C(NC1CCCNC1=O)c1nc[nH]c1C(=O)O. The smallest absolute Gasteiger partial charge is 0.354 e. The molecule has 1 aromatic heterocycles. The molecule has 1 aromatic rings. The van der Waals surface area contributed by atoms with Gasteiger partial charge in [-0.25, -0.2) is 9.78 Å². The Morgan fingerprint density at radius 3 is 2.94 bits per heavy atom. The Balaban J connectivity index is 2.09. The van der Waals surface area contributed by atoms with E-state index in [-0.39, 0.29) is 17.3 Å². The lowest BCUT2D eigenvalue weighted by molar-refractivity contribution is -0.124. The van der Waals surface area contributed by atoms with Crippen molar-refractivity contribution in [1.29, 1.82) is 0 Å². The van der Waals surface area contributed by atoms with Gasteiger partial charge in [-0.15, -0.1) is 0 Å². The van der Waals surface area contributed by atoms with Crippen LogP contribution in [0.3, 0.4) is 0 Å². The Labute approximate surface area is 102 Å². The molecule has 4 N–H and O–H groups in total. The molecule has 1 fully saturated rings. The third-order valence-corrected chi connectivity index (χ3v) is 2.66. The highest BCUT2D eigenvalue weighted by Crippen LogP contribution is 2.07. The van der Waals surface area contributed by atoms with Crippen molar-refractivity contribution in [1.82, 2.24) is 20.6 Å². The predicted octanol–water partition coefficient (Wildman–Crippen LogP) is -0.884. The highest BCUT2D eigenvalue weighted by Gasteiger charge is 2.27. The highest BCUT2D eigenvalue weighted by atomic mass is 16.4. The third kappa shape index (κ3) is 2.31. The van der Waals surface area contributed by atoms with Gasteiger partial charge in [-0.3, -0.25) is 9.59 Å². The Bertz CT molecular complexity index is 496. The quantitative estimate of drug-likeness (QED) is 0.556. The molecule has 2 rings (SSSR count). The topological polar surface area (TPSA) is 124 Å². The van der Waals surface area contributed by atoms with Crippen LogP contribution in [0.5, 0.6) is 0 Å². The van der Waals surface area contributed by atoms with Crippen molar-refractivity contribution in [2.24, 2.45) is 0 Å². The maximum Gasteiger partial charge on any atom is 0.354 e. The Morgan fingerprint density at radius 2 is 2.28 bits per heavy atom. The average Bonchev–Trinajstić information content (AvgIpc) is 2.81. The number of aromatic amines is 1. The van der Waals surface area contributed by atoms with E-state index in [9.17, 15) is 14.4 Å². The molecule has 8 nitrogen and oxygen atoms in total. The number of H-pyrrole nitrogens is 1. The van der Waals surface area contributed by atoms with Gasteiger partial charge in [-0.1, -0.05) is 0 Å². The van der Waals surface area contributed by atoms with Crippen LogP contribution < -0.4 is 10.6 Å². The molecule has 1 aliphatic rings. The number of piperidine rings is 1. The molecule has 1 atom stereocenters. The molecule has 1 saturated heterocycles. The second-order valence-electron chi connectivity index (χ2n) is 3.89. The van der Waals surface area contributed by atoms with Gasteiger partial charge in [0.15, 0.2) is 11.4 Å². The van der Waals surface area contributed by atoms with Gasteiger partial charge in [-0.05, 0) is 12.8 Å². The normalized spacial score (nSPS) is 19.1. The van der Waals surface area contributed by atoms with E-state index in [4.69, 9.17) is 5.11 Å². The number of rotatable bonds is 3. The van der Waals surface area contributed by atoms with Crippen LogP contribution in [-0.2, 0) is 4.79 Å². The van der Waals surface area contributed by atoms with Gasteiger partial charge in [0.05, 0.1) is 6.33 Å². The molecule has 0 aliphatic carbocycles. The molecule has 2 heterocycles. The van der Waals surface area contributed by atoms with Gasteiger partial charge in [0.1, 0.15) is 6.04 Å². The summed E-state index contributed by atoms with van der Waals surface area (Å²) in [6, 6.07) is -0.635. The number of hydrogen-bond donors (Lipinski definition) is 4. The molecule has 18 heavy (non-hydrogen) atoms. The van der Waals surface area contributed by atoms with Crippen molar-refractivity contribution in [3.63, 3.8) is 0 Å². The van der Waals surface area contributed by atoms with Crippen LogP contribution in [0.25, 0.3) is 0 Å². The first kappa shape index (κ1) is 12.1. The zero-order chi connectivity index (χ0) is 13.1. The molecule has 8 heteroatoms. The number of carboxylic acids is 1. The minimum Gasteiger partial charge on any atom is -0.477 e. The van der Waals surface area contributed by atoms with E-state index in [0.29, 0.717) is 13.0 Å². The standard InChI is InChI=1S/C10H12N4O4/c15-8-5(2-1-3-11-8)14-9(16)6-7(10(17)18)13-4-12-6/h4-5H,1-3H2,(H,11,15)(H,12,13)(H,14,16)(H,17,18). The van der Waals surface area contributed by atoms with Crippen molar-refractivity contribution in [3.8, 4) is 0 Å². The van der Waals surface area contributed by atoms with Gasteiger partial charge < -0.3 is 20.7 Å². The number of hydrogen-bond acceptors (Lipinski definition) is 4. The fraction of sp³-hybridized carbons (Fsp3) is 0.400. The number of aromatic carboxylic acids is 1. The molecular weight excluding hydrogens is 240 g/mol. The van der Waals surface area contributed by atoms with E-state index >= 15 is 0 Å². The summed E-state index contributed by atoms with van der Waals surface area (Å²) in [6.07, 6.45) is 2.42. The van der Waals surface area contributed by atoms with E-state index < -0.39 is 17.9 Å². The summed E-state index contributed by atoms with van der Waals surface area (Å²) in [4.78, 5) is 40.1. The molecule has 1 unspecified atom stereocenters. The zero-order valence-electron chi connectivity index (χ0n) is 9.40. The average molecular weight is 252 g/mol. The summed E-state index contributed by atoms with van der Waals surface area (Å²) in [7, 11) is 0. The molecule has 0 radical (unpaired) electrons. The van der Waals surface area contributed by atoms with Crippen LogP contribution in [0.15, 0.2) is 6.33 Å². The summed E-state index contributed by atoms with van der Waals surface area (Å²) in [5.74, 6) is -2.21. The van der Waals surface area contributed by atoms with Crippen molar-refractivity contribution >= 4 is 17.8 Å². The first-order chi connectivity index (χ1) is 8.59. The van der Waals surface area contributed by atoms with Crippen LogP contribution in [0.2, 0.25) is 0 Å². The maximum atomic E-state index is 11.8. The van der Waals surface area contributed by atoms with Crippen molar-refractivity contribution < 1.29 is 19.5 Å². The first-order valence-electron chi connectivity index (χ1n) is 5.45. The van der Waals surface area contributed by atoms with Crippen LogP contribution in [-0.4, -0.2) is 45.4 Å². The van der Waals surface area contributed by atoms with Crippen molar-refractivity contribution in [2.45, 2.75) is 18.9 Å². The molecule has 96 valence electrons. The van der Waals surface area contributed by atoms with E-state index in [1.807, 2.05) is 0 Å². The Morgan fingerprint density at radius 1 is 1.50 bits per heavy atom. The number of nitrogens with zero attached hydrogens (tertiary/aromatic N) is 1. The summed E-state index contributed by atoms with van der Waals surface area (Å²) in [6.45, 7) is 0.591. The number of carbonyl (C=O) groups excluding carboxylic acids is 2. The number of imidazole rings is 1. The zero-order valence-corrected chi connectivity index (χ0v) is 9.40. The summed E-state index contributed by atoms with van der Waals surface area (Å²) in [5.41, 5.74) is -0.510. The fourth-order valence-corrected chi connectivity index (χ4v) is 1.77. The number of carbonyl (C=O) groups is 3. The minimum absolute atomic E-state index is 0.221. The minimum atomic E-state index is -1.27. The van der Waals surface area contributed by atoms with Crippen LogP contribution in [0, 0.1) is 0 Å². The predicted molar refractivity (Wildman–Crippen MR) is 59.0 cm³/mol. The van der Waals surface area contributed by atoms with Gasteiger partial charge in [-0.2, -0.15) is 0 Å². The maximum absolute atomic E-state index is 11.8. The Hall–Kier alpha value is -2.38. The van der Waals surface area contributed by atoms with E-state index in [2.05, 4.69) is 20.6 Å². The molecule has 1 aliphatic heterocycles. The van der Waals surface area contributed by atoms with E-state index in [1.165, 1.54) is 0 Å². The van der Waals surface area contributed by atoms with Crippen LogP contribution in [0.1, 0.15) is 33.8 Å². The second-order valence-corrected chi connectivity index (χ2v) is 3.89. The highest BCUT2D eigenvalue weighted by molar-refractivity contribution is 6.03. The lowest BCUT2D eigenvalue weighted by atomic mass is 10.1. The number of aromatic nitrogens is 2. The van der Waals surface area contributed by atoms with Gasteiger partial charge in [0.2, 0.25) is 5.91 Å². The summed E-state index contributed by atoms with van der Waals surface area (Å²) >= 11 is 0. The number of amides is 2. The fourth-order valence-electron chi connectivity index (χ4n) is 1.77. The van der Waals surface area contributed by atoms with Gasteiger partial charge >= 0.3 is 5.97 Å².